The molecule has 0 spiro atoms. The van der Waals surface area contributed by atoms with Crippen LogP contribution in [0.25, 0.3) is 0 Å². The molecule has 0 amide bonds. The van der Waals surface area contributed by atoms with Crippen LogP contribution in [0.1, 0.15) is 49.4 Å². The minimum atomic E-state index is -1.60. The maximum Gasteiger partial charge on any atom is 0.338 e. The number of hydrogen-bond acceptors (Lipinski definition) is 2. The largest absolute Gasteiger partial charge is 0.455 e. The summed E-state index contributed by atoms with van der Waals surface area (Å²) in [5.41, 5.74) is 0.350. The van der Waals surface area contributed by atoms with E-state index < -0.39 is 8.46 Å². The highest BCUT2D eigenvalue weighted by Crippen LogP contribution is 2.73. The number of halogens is 1. The molecule has 0 radical (unpaired) electrons. The Morgan fingerprint density at radius 1 is 0.833 bits per heavy atom. The lowest BCUT2D eigenvalue weighted by atomic mass is 9.98. The van der Waals surface area contributed by atoms with E-state index in [1.165, 1.54) is 9.79 Å². The first kappa shape index (κ1) is 21.2. The van der Waals surface area contributed by atoms with Crippen molar-refractivity contribution in [3.8, 4) is 0 Å². The summed E-state index contributed by atoms with van der Waals surface area (Å²) in [6.45, 7) is 2.12. The smallest absolute Gasteiger partial charge is 0.338 e. The molecule has 30 heavy (non-hydrogen) atoms. The number of esters is 1. The van der Waals surface area contributed by atoms with E-state index in [1.54, 1.807) is 0 Å². The normalized spacial score (nSPS) is 16.2. The molecule has 3 aromatic carbocycles. The number of carbonyl (C=O) groups is 1. The van der Waals surface area contributed by atoms with Crippen LogP contribution in [0.3, 0.4) is 0 Å². The minimum absolute atomic E-state index is 0.208. The molecule has 0 atom stereocenters. The predicted octanol–water partition coefficient (Wildman–Crippen LogP) is 8.16. The van der Waals surface area contributed by atoms with Gasteiger partial charge in [-0.15, -0.1) is 8.46 Å². The van der Waals surface area contributed by atoms with Crippen LogP contribution in [0.15, 0.2) is 99.6 Å². The van der Waals surface area contributed by atoms with Crippen LogP contribution in [-0.2, 0) is 4.74 Å². The van der Waals surface area contributed by atoms with E-state index in [2.05, 4.69) is 82.4 Å². The van der Waals surface area contributed by atoms with Gasteiger partial charge in [-0.05, 0) is 95.4 Å². The molecule has 0 unspecified atom stereocenters. The van der Waals surface area contributed by atoms with Gasteiger partial charge in [0.1, 0.15) is 5.60 Å². The summed E-state index contributed by atoms with van der Waals surface area (Å²) < 4.78 is 5.99. The van der Waals surface area contributed by atoms with E-state index in [-0.39, 0.29) is 11.6 Å². The summed E-state index contributed by atoms with van der Waals surface area (Å²) in [6, 6.07) is 28.9. The predicted molar refractivity (Wildman–Crippen MR) is 128 cm³/mol. The van der Waals surface area contributed by atoms with Crippen molar-refractivity contribution in [1.29, 1.82) is 0 Å². The average Bonchev–Trinajstić information content (AvgIpc) is 3.28. The average molecular weight is 483 g/mol. The van der Waals surface area contributed by atoms with Crippen molar-refractivity contribution in [2.45, 2.75) is 59.3 Å². The lowest BCUT2D eigenvalue weighted by Gasteiger charge is -2.35. The van der Waals surface area contributed by atoms with Gasteiger partial charge in [-0.2, -0.15) is 0 Å². The van der Waals surface area contributed by atoms with Gasteiger partial charge in [-0.25, -0.2) is 4.79 Å². The van der Waals surface area contributed by atoms with Gasteiger partial charge in [0.05, 0.1) is 5.56 Å². The first-order valence-corrected chi connectivity index (χ1v) is 14.0. The molecule has 0 bridgehead atoms. The summed E-state index contributed by atoms with van der Waals surface area (Å²) in [5, 5.41) is 0. The second kappa shape index (κ2) is 8.99. The van der Waals surface area contributed by atoms with Crippen LogP contribution in [0.5, 0.6) is 0 Å². The number of hydrogen-bond donors (Lipinski definition) is 0. The van der Waals surface area contributed by atoms with Crippen LogP contribution in [-0.4, -0.2) is 11.6 Å². The van der Waals surface area contributed by atoms with Crippen molar-refractivity contribution < 1.29 is 9.53 Å². The highest BCUT2D eigenvalue weighted by molar-refractivity contribution is 9.58. The summed E-state index contributed by atoms with van der Waals surface area (Å²) in [7, 11) is -1.60. The van der Waals surface area contributed by atoms with Gasteiger partial charge in [-0.1, -0.05) is 43.3 Å². The highest BCUT2D eigenvalue weighted by atomic mass is 79.9. The molecule has 4 rings (SSSR count). The molecule has 0 N–H and O–H groups in total. The molecule has 0 saturated heterocycles. The first-order chi connectivity index (χ1) is 14.6. The van der Waals surface area contributed by atoms with Gasteiger partial charge >= 0.3 is 5.97 Å². The van der Waals surface area contributed by atoms with Crippen molar-refractivity contribution in [1.82, 2.24) is 0 Å². The zero-order valence-corrected chi connectivity index (χ0v) is 19.6. The van der Waals surface area contributed by atoms with Gasteiger partial charge in [0, 0.05) is 14.7 Å². The molecule has 4 heteroatoms. The van der Waals surface area contributed by atoms with Gasteiger partial charge in [0.2, 0.25) is 0 Å². The van der Waals surface area contributed by atoms with E-state index in [9.17, 15) is 4.79 Å². The zero-order valence-electron chi connectivity index (χ0n) is 17.2. The SMILES string of the molecule is CCC1(OC(=O)c2ccc(S(Br)(c3ccccc3)c3ccccc3)cc2)CCCC1. The van der Waals surface area contributed by atoms with Crippen LogP contribution in [0.4, 0.5) is 0 Å². The molecular weight excluding hydrogens is 456 g/mol. The number of benzene rings is 3. The van der Waals surface area contributed by atoms with Crippen LogP contribution in [0.2, 0.25) is 0 Å². The second-order valence-electron chi connectivity index (χ2n) is 7.82. The van der Waals surface area contributed by atoms with Gasteiger partial charge in [0.15, 0.2) is 0 Å². The minimum Gasteiger partial charge on any atom is -0.455 e. The van der Waals surface area contributed by atoms with E-state index in [0.29, 0.717) is 5.56 Å². The van der Waals surface area contributed by atoms with E-state index in [1.807, 2.05) is 24.3 Å². The Kier molecular flexibility index (Phi) is 6.35. The lowest BCUT2D eigenvalue weighted by Crippen LogP contribution is -2.31. The van der Waals surface area contributed by atoms with Crippen molar-refractivity contribution in [3.63, 3.8) is 0 Å². The molecular formula is C26H27BrO2S. The Bertz CT molecular complexity index is 941. The summed E-state index contributed by atoms with van der Waals surface area (Å²) in [4.78, 5) is 16.4. The topological polar surface area (TPSA) is 26.3 Å². The fourth-order valence-corrected chi connectivity index (χ4v) is 8.54. The van der Waals surface area contributed by atoms with Gasteiger partial charge < -0.3 is 4.74 Å². The Hall–Kier alpha value is -2.04. The van der Waals surface area contributed by atoms with E-state index in [4.69, 9.17) is 4.74 Å². The Morgan fingerprint density at radius 2 is 1.30 bits per heavy atom. The molecule has 1 aliphatic rings. The zero-order chi connectivity index (χ0) is 21.0. The Balaban J connectivity index is 1.66. The van der Waals surface area contributed by atoms with Gasteiger partial charge in [0.25, 0.3) is 0 Å². The molecule has 1 aliphatic carbocycles. The Morgan fingerprint density at radius 3 is 1.77 bits per heavy atom. The molecule has 1 saturated carbocycles. The maximum atomic E-state index is 12.8. The van der Waals surface area contributed by atoms with Crippen molar-refractivity contribution in [3.05, 3.63) is 90.5 Å². The molecule has 3 aromatic rings. The molecule has 0 aromatic heterocycles. The lowest BCUT2D eigenvalue weighted by molar-refractivity contribution is -0.0172. The van der Waals surface area contributed by atoms with Crippen LogP contribution >= 0.6 is 23.3 Å². The summed E-state index contributed by atoms with van der Waals surface area (Å²) >= 11 is 4.13. The van der Waals surface area contributed by atoms with E-state index in [0.717, 1.165) is 37.0 Å². The number of ether oxygens (including phenoxy) is 1. The fraction of sp³-hybridized carbons (Fsp3) is 0.269. The van der Waals surface area contributed by atoms with E-state index >= 15 is 0 Å². The molecule has 0 aliphatic heterocycles. The maximum absolute atomic E-state index is 12.8. The molecule has 2 nitrogen and oxygen atoms in total. The third kappa shape index (κ3) is 4.08. The third-order valence-electron chi connectivity index (χ3n) is 6.02. The monoisotopic (exact) mass is 482 g/mol. The van der Waals surface area contributed by atoms with Gasteiger partial charge in [-0.3, -0.25) is 0 Å². The van der Waals surface area contributed by atoms with Crippen molar-refractivity contribution >= 4 is 29.2 Å². The summed E-state index contributed by atoms with van der Waals surface area (Å²) in [5.74, 6) is -0.208. The quantitative estimate of drug-likeness (QED) is 0.331. The van der Waals surface area contributed by atoms with Crippen molar-refractivity contribution in [2.24, 2.45) is 0 Å². The van der Waals surface area contributed by atoms with Crippen LogP contribution < -0.4 is 0 Å². The standard InChI is InChI=1S/C26H27BrO2S/c1-2-26(19-9-10-20-26)29-25(28)21-15-17-24(18-16-21)30(27,22-11-5-3-6-12-22)23-13-7-4-8-14-23/h3-8,11-18H,2,9-10,19-20H2,1H3. The summed E-state index contributed by atoms with van der Waals surface area (Å²) in [6.07, 6.45) is 5.12. The number of rotatable bonds is 6. The Labute approximate surface area is 188 Å². The fourth-order valence-electron chi connectivity index (χ4n) is 4.21. The molecule has 1 fully saturated rings. The molecule has 156 valence electrons. The first-order valence-electron chi connectivity index (χ1n) is 10.5. The number of carbonyl (C=O) groups excluding carboxylic acids is 1. The van der Waals surface area contributed by atoms with Crippen LogP contribution in [0, 0.1) is 0 Å². The molecule has 0 heterocycles. The second-order valence-corrected chi connectivity index (χ2v) is 13.2. The third-order valence-corrected chi connectivity index (χ3v) is 12.1. The highest BCUT2D eigenvalue weighted by Gasteiger charge is 2.36. The van der Waals surface area contributed by atoms with Crippen molar-refractivity contribution in [2.75, 3.05) is 0 Å².